The molecule has 2 aromatic heterocycles. The molecule has 0 unspecified atom stereocenters. The summed E-state index contributed by atoms with van der Waals surface area (Å²) in [5.41, 5.74) is 2.81. The molecule has 1 aliphatic heterocycles. The molecule has 0 saturated heterocycles. The molecule has 4 aromatic rings. The molecule has 1 fully saturated rings. The number of ether oxygens (including phenoxy) is 2. The van der Waals surface area contributed by atoms with Crippen molar-refractivity contribution in [3.8, 4) is 22.8 Å². The molecule has 2 aliphatic rings. The number of alkyl halides is 2. The van der Waals surface area contributed by atoms with Crippen LogP contribution in [0.3, 0.4) is 0 Å². The molecule has 1 aliphatic carbocycles. The van der Waals surface area contributed by atoms with Crippen molar-refractivity contribution >= 4 is 38.6 Å². The lowest BCUT2D eigenvalue weighted by molar-refractivity contribution is -0.123. The zero-order valence-electron chi connectivity index (χ0n) is 23.8. The van der Waals surface area contributed by atoms with Crippen molar-refractivity contribution in [3.05, 3.63) is 69.5 Å². The Bertz CT molecular complexity index is 1880. The summed E-state index contributed by atoms with van der Waals surface area (Å²) in [6.07, 6.45) is 2.24. The Balaban J connectivity index is 1.41. The number of hydrogen-bond donors (Lipinski definition) is 3. The number of rotatable bonds is 9. The lowest BCUT2D eigenvalue weighted by atomic mass is 9.81. The number of hydrogen-bond acceptors (Lipinski definition) is 7. The Morgan fingerprint density at radius 1 is 1.29 bits per heavy atom. The number of primary amides is 1. The van der Waals surface area contributed by atoms with E-state index < -0.39 is 45.5 Å². The summed E-state index contributed by atoms with van der Waals surface area (Å²) in [5.74, 6) is -3.42. The number of benzene rings is 2. The third kappa shape index (κ3) is 5.07. The largest absolute Gasteiger partial charge is 0.494 e. The summed E-state index contributed by atoms with van der Waals surface area (Å²) in [4.78, 5) is 30.5. The first-order valence-electron chi connectivity index (χ1n) is 13.8. The number of amides is 2. The Hall–Kier alpha value is -4.24. The molecular weight excluding hydrogens is 666 g/mol. The predicted molar refractivity (Wildman–Crippen MR) is 156 cm³/mol. The normalized spacial score (nSPS) is 18.9. The second kappa shape index (κ2) is 11.0. The predicted octanol–water partition coefficient (Wildman–Crippen LogP) is 4.71. The molecule has 236 valence electrons. The van der Waals surface area contributed by atoms with Crippen LogP contribution in [0, 0.1) is 17.6 Å². The Morgan fingerprint density at radius 3 is 2.67 bits per heavy atom. The van der Waals surface area contributed by atoms with Crippen LogP contribution in [0.15, 0.2) is 41.0 Å². The minimum absolute atomic E-state index is 0.0168. The second-order valence-corrected chi connectivity index (χ2v) is 12.1. The molecular formula is C30H26BrF4N5O5. The number of carbonyl (C=O) groups excluding carboxylic acids is 2. The van der Waals surface area contributed by atoms with Crippen LogP contribution >= 0.6 is 15.9 Å². The van der Waals surface area contributed by atoms with Gasteiger partial charge in [-0.2, -0.15) is 13.9 Å². The molecule has 3 heterocycles. The minimum atomic E-state index is -2.90. The fourth-order valence-corrected chi connectivity index (χ4v) is 5.88. The number of nitrogens with two attached hydrogens (primary N) is 1. The summed E-state index contributed by atoms with van der Waals surface area (Å²) >= 11 is 2.90. The van der Waals surface area contributed by atoms with E-state index >= 15 is 4.39 Å². The summed E-state index contributed by atoms with van der Waals surface area (Å²) in [5, 5.41) is 18.9. The number of nitrogens with one attached hydrogen (secondary N) is 1. The van der Waals surface area contributed by atoms with Crippen molar-refractivity contribution in [2.24, 2.45) is 11.7 Å². The molecule has 15 heteroatoms. The molecule has 6 rings (SSSR count). The highest BCUT2D eigenvalue weighted by molar-refractivity contribution is 9.10. The van der Waals surface area contributed by atoms with Gasteiger partial charge in [0.2, 0.25) is 5.91 Å². The van der Waals surface area contributed by atoms with Crippen molar-refractivity contribution < 1.29 is 41.7 Å². The molecule has 2 amide bonds. The molecule has 1 saturated carbocycles. The van der Waals surface area contributed by atoms with Crippen molar-refractivity contribution in [1.82, 2.24) is 20.1 Å². The molecule has 4 N–H and O–H groups in total. The first kappa shape index (κ1) is 30.8. The smallest absolute Gasteiger partial charge is 0.333 e. The van der Waals surface area contributed by atoms with Gasteiger partial charge in [-0.1, -0.05) is 0 Å². The van der Waals surface area contributed by atoms with Crippen LogP contribution in [-0.2, 0) is 15.8 Å². The number of halogens is 5. The Labute approximate surface area is 261 Å². The van der Waals surface area contributed by atoms with Gasteiger partial charge in [-0.25, -0.2) is 18.4 Å². The van der Waals surface area contributed by atoms with E-state index in [0.717, 1.165) is 12.3 Å². The zero-order valence-corrected chi connectivity index (χ0v) is 25.4. The fraction of sp³-hybridized carbons (Fsp3) is 0.333. The topological polar surface area (TPSA) is 142 Å². The maximum Gasteiger partial charge on any atom is 0.333 e. The lowest BCUT2D eigenvalue weighted by Gasteiger charge is -2.30. The van der Waals surface area contributed by atoms with Crippen molar-refractivity contribution in [1.29, 1.82) is 0 Å². The first-order valence-corrected chi connectivity index (χ1v) is 14.6. The van der Waals surface area contributed by atoms with Gasteiger partial charge >= 0.3 is 6.55 Å². The van der Waals surface area contributed by atoms with Crippen molar-refractivity contribution in [2.45, 2.75) is 37.3 Å². The molecule has 2 aromatic carbocycles. The van der Waals surface area contributed by atoms with Crippen LogP contribution in [0.2, 0.25) is 0 Å². The molecule has 0 spiro atoms. The number of aromatic nitrogens is 3. The number of methoxy groups -OCH3 is 1. The fourth-order valence-electron chi connectivity index (χ4n) is 5.53. The third-order valence-electron chi connectivity index (χ3n) is 8.39. The molecule has 45 heavy (non-hydrogen) atoms. The van der Waals surface area contributed by atoms with Gasteiger partial charge in [0.1, 0.15) is 52.0 Å². The summed E-state index contributed by atoms with van der Waals surface area (Å²) < 4.78 is 67.1. The molecule has 10 nitrogen and oxygen atoms in total. The number of fused-ring (bicyclic) bond motifs is 2. The molecule has 2 atom stereocenters. The Morgan fingerprint density at radius 2 is 2.02 bits per heavy atom. The second-order valence-electron chi connectivity index (χ2n) is 11.3. The molecule has 0 bridgehead atoms. The van der Waals surface area contributed by atoms with Gasteiger partial charge in [0.05, 0.1) is 23.8 Å². The van der Waals surface area contributed by atoms with E-state index in [4.69, 9.17) is 15.2 Å². The van der Waals surface area contributed by atoms with Crippen LogP contribution in [0.25, 0.3) is 22.2 Å². The van der Waals surface area contributed by atoms with Gasteiger partial charge in [0.25, 0.3) is 5.91 Å². The van der Waals surface area contributed by atoms with E-state index in [-0.39, 0.29) is 69.5 Å². The van der Waals surface area contributed by atoms with E-state index in [0.29, 0.717) is 17.5 Å². The number of carbonyl (C=O) groups is 2. The lowest BCUT2D eigenvalue weighted by Crippen LogP contribution is -2.44. The van der Waals surface area contributed by atoms with Crippen LogP contribution in [-0.4, -0.2) is 51.9 Å². The Kier molecular flexibility index (Phi) is 7.51. The van der Waals surface area contributed by atoms with Crippen molar-refractivity contribution in [3.63, 3.8) is 0 Å². The van der Waals surface area contributed by atoms with Gasteiger partial charge in [-0.15, -0.1) is 0 Å². The highest BCUT2D eigenvalue weighted by atomic mass is 79.9. The molecule has 0 radical (unpaired) electrons. The number of pyridine rings is 1. The quantitative estimate of drug-likeness (QED) is 0.171. The van der Waals surface area contributed by atoms with Crippen LogP contribution < -0.4 is 20.5 Å². The standard InChI is InChI=1S/C30H26BrF4N5O5/c1-29(27(36)42)12-45-25-17(29)9-20(38-24(25)16-5-6-18(32)21(31)22(16)33)30(43,15-3-4-15)11-37-26(41)13-7-14-10-40(28(34)35)39-23(14)19(8-13)44-2/h5-10,15,28,43H,3-4,11-12H2,1-2H3,(H2,36,42)(H,37,41)/t29-,30+/m0/s1. The maximum atomic E-state index is 15.4. The summed E-state index contributed by atoms with van der Waals surface area (Å²) in [6, 6.07) is 6.38. The van der Waals surface area contributed by atoms with Crippen LogP contribution in [0.4, 0.5) is 17.6 Å². The van der Waals surface area contributed by atoms with Gasteiger partial charge < -0.3 is 25.6 Å². The average Bonchev–Trinajstić information content (AvgIpc) is 3.69. The van der Waals surface area contributed by atoms with Gasteiger partial charge in [-0.3, -0.25) is 9.59 Å². The number of nitrogens with zero attached hydrogens (tertiary/aromatic N) is 3. The minimum Gasteiger partial charge on any atom is -0.494 e. The van der Waals surface area contributed by atoms with Crippen LogP contribution in [0.1, 0.15) is 47.9 Å². The monoisotopic (exact) mass is 691 g/mol. The zero-order chi connectivity index (χ0) is 32.4. The summed E-state index contributed by atoms with van der Waals surface area (Å²) in [7, 11) is 1.31. The highest BCUT2D eigenvalue weighted by Gasteiger charge is 2.50. The van der Waals surface area contributed by atoms with Gasteiger partial charge in [0.15, 0.2) is 0 Å². The third-order valence-corrected chi connectivity index (χ3v) is 9.12. The number of aliphatic hydroxyl groups is 1. The van der Waals surface area contributed by atoms with E-state index in [2.05, 4.69) is 31.3 Å². The van der Waals surface area contributed by atoms with Gasteiger partial charge in [0, 0.05) is 28.3 Å². The maximum absolute atomic E-state index is 15.4. The SMILES string of the molecule is COc1cc(C(=O)NC[C@](O)(c2cc3c(c(-c4ccc(F)c(Br)c4F)n2)OC[C@]3(C)C(N)=O)C2CC2)cc2cn(C(F)F)nc12. The average molecular weight is 692 g/mol. The van der Waals surface area contributed by atoms with E-state index in [1.165, 1.54) is 31.4 Å². The summed E-state index contributed by atoms with van der Waals surface area (Å²) in [6.45, 7) is -1.89. The van der Waals surface area contributed by atoms with Crippen LogP contribution in [0.5, 0.6) is 11.5 Å². The first-order chi connectivity index (χ1) is 21.3. The highest BCUT2D eigenvalue weighted by Crippen LogP contribution is 2.50. The van der Waals surface area contributed by atoms with Crippen molar-refractivity contribution in [2.75, 3.05) is 20.3 Å². The van der Waals surface area contributed by atoms with E-state index in [1.54, 1.807) is 6.92 Å². The van der Waals surface area contributed by atoms with E-state index in [1.807, 2.05) is 0 Å². The van der Waals surface area contributed by atoms with Gasteiger partial charge in [-0.05, 0) is 71.9 Å². The van der Waals surface area contributed by atoms with E-state index in [9.17, 15) is 27.9 Å².